The second-order valence-electron chi connectivity index (χ2n) is 16.3. The highest BCUT2D eigenvalue weighted by atomic mass is 32.2. The van der Waals surface area contributed by atoms with Crippen LogP contribution in [-0.2, 0) is 6.42 Å². The monoisotopic (exact) mass is 725 g/mol. The standard InChI is InChI=1S/C50H47NS2/c1-3-14-32(15-4-1)36-21-13-25-47-49(36)50(40-20-9-12-24-45(40)53-47)48-39-19-8-11-23-44(39)52-46-29-27-33(30-41(46)48)34-26-28-38-37-18-7-10-22-42(37)51(43(38)31-34)35-16-5-2-6-17-35/h1-3,5,7-8,10-14,16,18-19,22-30,34,36,40,45,47-50H,4,6,9,15,17,20-21,31H2. The van der Waals surface area contributed by atoms with Gasteiger partial charge in [-0.1, -0.05) is 133 Å². The molecule has 1 nitrogen and oxygen atoms in total. The maximum Gasteiger partial charge on any atom is 0.0534 e. The molecule has 3 aromatic carbocycles. The Kier molecular flexibility index (Phi) is 8.24. The molecule has 1 fully saturated rings. The van der Waals surface area contributed by atoms with Gasteiger partial charge in [0.25, 0.3) is 0 Å². The van der Waals surface area contributed by atoms with E-state index in [1.165, 1.54) is 75.3 Å². The van der Waals surface area contributed by atoms with Crippen LogP contribution in [-0.4, -0.2) is 15.1 Å². The molecule has 264 valence electrons. The molecule has 0 bridgehead atoms. The van der Waals surface area contributed by atoms with Gasteiger partial charge in [0.1, 0.15) is 0 Å². The first-order valence-corrected chi connectivity index (χ1v) is 22.0. The van der Waals surface area contributed by atoms with Crippen LogP contribution in [0.15, 0.2) is 149 Å². The number of nitrogens with zero attached hydrogens (tertiary/aromatic N) is 1. The Labute approximate surface area is 323 Å². The van der Waals surface area contributed by atoms with Crippen LogP contribution in [0.4, 0.5) is 0 Å². The number of para-hydroxylation sites is 1. The molecular weight excluding hydrogens is 679 g/mol. The van der Waals surface area contributed by atoms with Crippen LogP contribution in [0, 0.1) is 23.7 Å². The van der Waals surface area contributed by atoms with E-state index in [0.29, 0.717) is 46.0 Å². The molecule has 53 heavy (non-hydrogen) atoms. The molecule has 0 N–H and O–H groups in total. The van der Waals surface area contributed by atoms with Crippen molar-refractivity contribution in [1.29, 1.82) is 0 Å². The fourth-order valence-electron chi connectivity index (χ4n) is 11.3. The maximum atomic E-state index is 2.69. The van der Waals surface area contributed by atoms with Gasteiger partial charge in [0.05, 0.1) is 5.52 Å². The summed E-state index contributed by atoms with van der Waals surface area (Å²) in [4.78, 5) is 2.95. The van der Waals surface area contributed by atoms with E-state index < -0.39 is 0 Å². The number of fused-ring (bicyclic) bond motifs is 7. The van der Waals surface area contributed by atoms with Crippen molar-refractivity contribution >= 4 is 46.2 Å². The summed E-state index contributed by atoms with van der Waals surface area (Å²) in [6.07, 6.45) is 38.7. The van der Waals surface area contributed by atoms with Gasteiger partial charge in [-0.2, -0.15) is 0 Å². The van der Waals surface area contributed by atoms with Crippen molar-refractivity contribution in [3.63, 3.8) is 0 Å². The fraction of sp³-hybridized carbons (Fsp3) is 0.320. The van der Waals surface area contributed by atoms with Gasteiger partial charge < -0.3 is 4.57 Å². The first kappa shape index (κ1) is 32.5. The minimum absolute atomic E-state index is 0.350. The Morgan fingerprint density at radius 2 is 1.55 bits per heavy atom. The third-order valence-corrected chi connectivity index (χ3v) is 16.4. The van der Waals surface area contributed by atoms with Gasteiger partial charge >= 0.3 is 0 Å². The van der Waals surface area contributed by atoms with Crippen LogP contribution in [0.2, 0.25) is 0 Å². The van der Waals surface area contributed by atoms with E-state index in [2.05, 4.69) is 156 Å². The molecule has 3 heteroatoms. The molecule has 0 amide bonds. The van der Waals surface area contributed by atoms with Gasteiger partial charge in [-0.3, -0.25) is 0 Å². The van der Waals surface area contributed by atoms with E-state index in [-0.39, 0.29) is 0 Å². The quantitative estimate of drug-likeness (QED) is 0.193. The molecule has 2 aliphatic heterocycles. The lowest BCUT2D eigenvalue weighted by molar-refractivity contribution is 0.137. The average molecular weight is 726 g/mol. The number of benzene rings is 3. The number of aromatic nitrogens is 1. The molecule has 1 saturated heterocycles. The minimum atomic E-state index is 0.350. The second-order valence-corrected chi connectivity index (χ2v) is 18.7. The van der Waals surface area contributed by atoms with Gasteiger partial charge in [-0.15, -0.1) is 11.8 Å². The molecule has 5 aliphatic carbocycles. The molecule has 0 saturated carbocycles. The Morgan fingerprint density at radius 3 is 2.45 bits per heavy atom. The summed E-state index contributed by atoms with van der Waals surface area (Å²) in [5, 5.41) is 2.54. The second kappa shape index (κ2) is 13.4. The van der Waals surface area contributed by atoms with Crippen LogP contribution < -0.4 is 0 Å². The van der Waals surface area contributed by atoms with Crippen LogP contribution in [0.1, 0.15) is 84.7 Å². The van der Waals surface area contributed by atoms with E-state index in [1.807, 2.05) is 11.8 Å². The van der Waals surface area contributed by atoms with Gasteiger partial charge in [-0.05, 0) is 116 Å². The minimum Gasteiger partial charge on any atom is -0.317 e. The summed E-state index contributed by atoms with van der Waals surface area (Å²) >= 11 is 4.30. The van der Waals surface area contributed by atoms with Gasteiger partial charge in [0.2, 0.25) is 0 Å². The summed E-state index contributed by atoms with van der Waals surface area (Å²) in [6, 6.07) is 26.2. The zero-order chi connectivity index (χ0) is 34.9. The summed E-state index contributed by atoms with van der Waals surface area (Å²) in [5.41, 5.74) is 12.0. The number of hydrogen-bond donors (Lipinski definition) is 0. The van der Waals surface area contributed by atoms with Crippen molar-refractivity contribution in [2.45, 2.75) is 83.5 Å². The summed E-state index contributed by atoms with van der Waals surface area (Å²) in [7, 11) is 0. The van der Waals surface area contributed by atoms with E-state index in [9.17, 15) is 0 Å². The maximum absolute atomic E-state index is 2.69. The van der Waals surface area contributed by atoms with Crippen molar-refractivity contribution in [2.75, 3.05) is 0 Å². The lowest BCUT2D eigenvalue weighted by Gasteiger charge is -2.55. The van der Waals surface area contributed by atoms with Crippen LogP contribution >= 0.6 is 23.5 Å². The lowest BCUT2D eigenvalue weighted by atomic mass is 9.58. The van der Waals surface area contributed by atoms with Crippen molar-refractivity contribution in [2.24, 2.45) is 23.7 Å². The third kappa shape index (κ3) is 5.43. The van der Waals surface area contributed by atoms with E-state index in [0.717, 1.165) is 19.3 Å². The molecule has 7 aliphatic rings. The first-order valence-electron chi connectivity index (χ1n) is 20.2. The van der Waals surface area contributed by atoms with Crippen molar-refractivity contribution in [1.82, 2.24) is 4.57 Å². The Hall–Kier alpha value is -3.92. The topological polar surface area (TPSA) is 4.93 Å². The van der Waals surface area contributed by atoms with Gasteiger partial charge in [-0.25, -0.2) is 0 Å². The number of allylic oxidation sites excluding steroid dienone is 11. The Bertz CT molecular complexity index is 2320. The van der Waals surface area contributed by atoms with Gasteiger partial charge in [0, 0.05) is 54.5 Å². The van der Waals surface area contributed by atoms with Crippen LogP contribution in [0.25, 0.3) is 22.7 Å². The average Bonchev–Trinajstić information content (AvgIpc) is 3.56. The molecule has 3 heterocycles. The van der Waals surface area contributed by atoms with E-state index >= 15 is 0 Å². The van der Waals surface area contributed by atoms with Crippen LogP contribution in [0.5, 0.6) is 0 Å². The summed E-state index contributed by atoms with van der Waals surface area (Å²) < 4.78 is 2.61. The molecule has 1 aromatic heterocycles. The first-order chi connectivity index (χ1) is 26.3. The molecule has 0 spiro atoms. The molecular formula is C50H47NS2. The highest BCUT2D eigenvalue weighted by molar-refractivity contribution is 8.01. The van der Waals surface area contributed by atoms with Crippen molar-refractivity contribution in [3.05, 3.63) is 167 Å². The Balaban J connectivity index is 1.04. The van der Waals surface area contributed by atoms with E-state index in [4.69, 9.17) is 0 Å². The molecule has 0 radical (unpaired) electrons. The number of rotatable bonds is 4. The van der Waals surface area contributed by atoms with Crippen molar-refractivity contribution < 1.29 is 0 Å². The third-order valence-electron chi connectivity index (χ3n) is 13.6. The Morgan fingerprint density at radius 1 is 0.698 bits per heavy atom. The smallest absolute Gasteiger partial charge is 0.0534 e. The molecule has 11 rings (SSSR count). The lowest BCUT2D eigenvalue weighted by Crippen LogP contribution is -2.49. The highest BCUT2D eigenvalue weighted by Gasteiger charge is 2.52. The number of thioether (sulfide) groups is 1. The van der Waals surface area contributed by atoms with Crippen molar-refractivity contribution in [3.8, 4) is 0 Å². The fourth-order valence-corrected chi connectivity index (χ4v) is 14.3. The normalized spacial score (nSPS) is 30.9. The molecule has 4 aromatic rings. The summed E-state index contributed by atoms with van der Waals surface area (Å²) in [5.74, 6) is 3.29. The number of hydrogen-bond acceptors (Lipinski definition) is 2. The van der Waals surface area contributed by atoms with Gasteiger partial charge in [0.15, 0.2) is 0 Å². The van der Waals surface area contributed by atoms with E-state index in [1.54, 1.807) is 16.7 Å². The van der Waals surface area contributed by atoms with Crippen LogP contribution in [0.3, 0.4) is 0 Å². The molecule has 8 unspecified atom stereocenters. The predicted octanol–water partition coefficient (Wildman–Crippen LogP) is 13.3. The predicted molar refractivity (Wildman–Crippen MR) is 227 cm³/mol. The zero-order valence-electron chi connectivity index (χ0n) is 30.3. The summed E-state index contributed by atoms with van der Waals surface area (Å²) in [6.45, 7) is 0. The SMILES string of the molecule is C1=CCCC(C2CC=CC3SC4C=CCCC4C(C4c5ccccc5Sc5ccc(C6C=Cc7c(n(C8=CC=CCC8)c8ccccc78)C6)cc54)C32)=C1. The zero-order valence-corrected chi connectivity index (χ0v) is 32.0. The highest BCUT2D eigenvalue weighted by Crippen LogP contribution is 2.62. The molecule has 8 atom stereocenters. The largest absolute Gasteiger partial charge is 0.317 e.